The van der Waals surface area contributed by atoms with Crippen molar-refractivity contribution in [2.75, 3.05) is 24.7 Å². The number of hydrogen-bond donors (Lipinski definition) is 0. The standard InChI is InChI=1S/C35H70N4O3S2/c1-11-13-15-17-19-21-29-43-34(9,38-36-32(3,4)5)25-23-27-41-31(40)42-28-24-26-35(10,39-37-33(6,7)8)44-30-22-20-18-16-14-12-2/h11-30H2,1-10H3. The van der Waals surface area contributed by atoms with E-state index in [1.165, 1.54) is 77.0 Å². The second-order valence-corrected chi connectivity index (χ2v) is 17.6. The molecule has 7 nitrogen and oxygen atoms in total. The molecule has 0 aliphatic heterocycles. The number of azo groups is 2. The van der Waals surface area contributed by atoms with Crippen LogP contribution in [0.4, 0.5) is 4.79 Å². The quantitative estimate of drug-likeness (QED) is 0.0524. The summed E-state index contributed by atoms with van der Waals surface area (Å²) in [5, 5.41) is 18.6. The third kappa shape index (κ3) is 27.5. The van der Waals surface area contributed by atoms with Gasteiger partial charge in [-0.05, 0) is 105 Å². The van der Waals surface area contributed by atoms with Crippen LogP contribution in [0, 0.1) is 0 Å². The molecule has 0 saturated heterocycles. The minimum atomic E-state index is -0.597. The maximum Gasteiger partial charge on any atom is 0.508 e. The summed E-state index contributed by atoms with van der Waals surface area (Å²) < 4.78 is 10.8. The zero-order valence-corrected chi connectivity index (χ0v) is 32.1. The molecule has 0 aromatic carbocycles. The fourth-order valence-electron chi connectivity index (χ4n) is 4.32. The number of unbranched alkanes of at least 4 members (excludes halogenated alkanes) is 10. The van der Waals surface area contributed by atoms with Crippen LogP contribution in [0.25, 0.3) is 0 Å². The molecule has 0 spiro atoms. The lowest BCUT2D eigenvalue weighted by molar-refractivity contribution is 0.0522. The lowest BCUT2D eigenvalue weighted by atomic mass is 10.1. The van der Waals surface area contributed by atoms with E-state index in [0.717, 1.165) is 37.2 Å². The van der Waals surface area contributed by atoms with E-state index < -0.39 is 6.16 Å². The average molecular weight is 659 g/mol. The molecule has 44 heavy (non-hydrogen) atoms. The van der Waals surface area contributed by atoms with Crippen LogP contribution in [0.2, 0.25) is 0 Å². The summed E-state index contributed by atoms with van der Waals surface area (Å²) in [6, 6.07) is 0. The van der Waals surface area contributed by atoms with Gasteiger partial charge in [-0.25, -0.2) is 4.79 Å². The molecule has 2 atom stereocenters. The second-order valence-electron chi connectivity index (χ2n) is 14.5. The van der Waals surface area contributed by atoms with E-state index in [0.29, 0.717) is 13.2 Å². The van der Waals surface area contributed by atoms with Crippen LogP contribution in [-0.4, -0.2) is 51.7 Å². The molecule has 0 bridgehead atoms. The van der Waals surface area contributed by atoms with E-state index in [2.05, 4.69) is 79.5 Å². The van der Waals surface area contributed by atoms with Crippen molar-refractivity contribution in [1.82, 2.24) is 0 Å². The monoisotopic (exact) mass is 658 g/mol. The number of rotatable bonds is 26. The zero-order valence-electron chi connectivity index (χ0n) is 30.5. The van der Waals surface area contributed by atoms with Crippen LogP contribution >= 0.6 is 23.5 Å². The van der Waals surface area contributed by atoms with Crippen molar-refractivity contribution >= 4 is 29.7 Å². The van der Waals surface area contributed by atoms with Gasteiger partial charge in [-0.15, -0.1) is 23.5 Å². The van der Waals surface area contributed by atoms with Gasteiger partial charge in [0.15, 0.2) is 0 Å². The van der Waals surface area contributed by atoms with Crippen molar-refractivity contribution in [3.05, 3.63) is 0 Å². The number of nitrogens with zero attached hydrogens (tertiary/aromatic N) is 4. The minimum absolute atomic E-state index is 0.209. The molecule has 0 N–H and O–H groups in total. The predicted octanol–water partition coefficient (Wildman–Crippen LogP) is 12.8. The maximum absolute atomic E-state index is 12.3. The van der Waals surface area contributed by atoms with Crippen molar-refractivity contribution in [2.24, 2.45) is 20.5 Å². The highest BCUT2D eigenvalue weighted by Crippen LogP contribution is 2.35. The molecule has 0 fully saturated rings. The first kappa shape index (κ1) is 43.2. The molecule has 0 aliphatic carbocycles. The van der Waals surface area contributed by atoms with Crippen molar-refractivity contribution < 1.29 is 14.3 Å². The summed E-state index contributed by atoms with van der Waals surface area (Å²) in [6.07, 6.45) is 17.9. The first-order valence-corrected chi connectivity index (χ1v) is 19.6. The van der Waals surface area contributed by atoms with Gasteiger partial charge in [0.2, 0.25) is 0 Å². The maximum atomic E-state index is 12.3. The minimum Gasteiger partial charge on any atom is -0.434 e. The summed E-state index contributed by atoms with van der Waals surface area (Å²) in [5.74, 6) is 2.14. The van der Waals surface area contributed by atoms with Gasteiger partial charge in [0.1, 0.15) is 9.74 Å². The molecular formula is C35H70N4O3S2. The fourth-order valence-corrected chi connectivity index (χ4v) is 6.67. The van der Waals surface area contributed by atoms with Gasteiger partial charge in [0, 0.05) is 0 Å². The molecule has 0 aliphatic rings. The van der Waals surface area contributed by atoms with Crippen LogP contribution in [0.3, 0.4) is 0 Å². The van der Waals surface area contributed by atoms with Crippen LogP contribution < -0.4 is 0 Å². The molecule has 0 heterocycles. The first-order valence-electron chi connectivity index (χ1n) is 17.6. The SMILES string of the molecule is CCCCCCCCSC(C)(CCCOC(=O)OCCCC(C)(N=NC(C)(C)C)SCCCCCCCC)N=NC(C)(C)C. The molecule has 0 amide bonds. The van der Waals surface area contributed by atoms with Crippen LogP contribution in [0.1, 0.15) is 172 Å². The number of thioether (sulfide) groups is 2. The van der Waals surface area contributed by atoms with Gasteiger partial charge in [0.05, 0.1) is 24.3 Å². The number of hydrogen-bond acceptors (Lipinski definition) is 9. The van der Waals surface area contributed by atoms with Gasteiger partial charge < -0.3 is 9.47 Å². The Morgan fingerprint density at radius 1 is 0.500 bits per heavy atom. The van der Waals surface area contributed by atoms with E-state index in [4.69, 9.17) is 19.7 Å². The Hall–Kier alpha value is -0.830. The smallest absolute Gasteiger partial charge is 0.434 e. The molecule has 0 saturated carbocycles. The Morgan fingerprint density at radius 2 is 0.841 bits per heavy atom. The molecule has 0 aromatic heterocycles. The lowest BCUT2D eigenvalue weighted by Gasteiger charge is -2.25. The number of carbonyl (C=O) groups excluding carboxylic acids is 1. The molecular weight excluding hydrogens is 589 g/mol. The fraction of sp³-hybridized carbons (Fsp3) is 0.971. The lowest BCUT2D eigenvalue weighted by Crippen LogP contribution is -2.22. The third-order valence-corrected chi connectivity index (χ3v) is 9.76. The van der Waals surface area contributed by atoms with Crippen LogP contribution in [0.5, 0.6) is 0 Å². The van der Waals surface area contributed by atoms with E-state index in [-0.39, 0.29) is 20.8 Å². The largest absolute Gasteiger partial charge is 0.508 e. The Balaban J connectivity index is 4.60. The number of ether oxygens (including phenoxy) is 2. The van der Waals surface area contributed by atoms with Crippen molar-refractivity contribution in [2.45, 2.75) is 193 Å². The summed E-state index contributed by atoms with van der Waals surface area (Å²) in [4.78, 5) is 11.7. The summed E-state index contributed by atoms with van der Waals surface area (Å²) in [6.45, 7) is 21.9. The van der Waals surface area contributed by atoms with Gasteiger partial charge in [-0.3, -0.25) is 0 Å². The summed E-state index contributed by atoms with van der Waals surface area (Å²) in [5.41, 5.74) is -0.418. The van der Waals surface area contributed by atoms with Gasteiger partial charge in [0.25, 0.3) is 0 Å². The van der Waals surface area contributed by atoms with Crippen molar-refractivity contribution in [3.8, 4) is 0 Å². The van der Waals surface area contributed by atoms with E-state index in [1.807, 2.05) is 23.5 Å². The van der Waals surface area contributed by atoms with E-state index >= 15 is 0 Å². The van der Waals surface area contributed by atoms with Gasteiger partial charge in [-0.1, -0.05) is 78.1 Å². The third-order valence-electron chi connectivity index (χ3n) is 6.95. The zero-order chi connectivity index (χ0) is 33.4. The molecule has 0 radical (unpaired) electrons. The normalized spacial score (nSPS) is 15.5. The van der Waals surface area contributed by atoms with Gasteiger partial charge in [-0.2, -0.15) is 20.5 Å². The molecule has 0 rings (SSSR count). The molecule has 2 unspecified atom stereocenters. The van der Waals surface area contributed by atoms with Crippen LogP contribution in [0.15, 0.2) is 20.5 Å². The highest BCUT2D eigenvalue weighted by Gasteiger charge is 2.27. The summed E-state index contributed by atoms with van der Waals surface area (Å²) in [7, 11) is 0. The second kappa shape index (κ2) is 24.4. The van der Waals surface area contributed by atoms with Gasteiger partial charge >= 0.3 is 6.16 Å². The predicted molar refractivity (Wildman–Crippen MR) is 193 cm³/mol. The van der Waals surface area contributed by atoms with Crippen molar-refractivity contribution in [3.63, 3.8) is 0 Å². The molecule has 0 aromatic rings. The van der Waals surface area contributed by atoms with Crippen LogP contribution in [-0.2, 0) is 9.47 Å². The molecule has 9 heteroatoms. The average Bonchev–Trinajstić information content (AvgIpc) is 2.94. The Morgan fingerprint density at radius 3 is 1.18 bits per heavy atom. The Kier molecular flexibility index (Phi) is 23.9. The highest BCUT2D eigenvalue weighted by atomic mass is 32.2. The topological polar surface area (TPSA) is 85.0 Å². The Labute approximate surface area is 281 Å². The summed E-state index contributed by atoms with van der Waals surface area (Å²) >= 11 is 3.74. The highest BCUT2D eigenvalue weighted by molar-refractivity contribution is 8.00. The van der Waals surface area contributed by atoms with Crippen molar-refractivity contribution in [1.29, 1.82) is 0 Å². The van der Waals surface area contributed by atoms with E-state index in [1.54, 1.807) is 0 Å². The molecule has 260 valence electrons. The Bertz CT molecular complexity index is 721. The number of carbonyl (C=O) groups is 1. The first-order chi connectivity index (χ1) is 20.6. The van der Waals surface area contributed by atoms with E-state index in [9.17, 15) is 4.79 Å².